The molecule has 0 N–H and O–H groups in total. The van der Waals surface area contributed by atoms with Gasteiger partial charge in [0.2, 0.25) is 0 Å². The number of esters is 2. The van der Waals surface area contributed by atoms with Crippen molar-refractivity contribution in [2.24, 2.45) is 0 Å². The molecule has 104 valence electrons. The molecular weight excluding hydrogens is 280 g/mol. The van der Waals surface area contributed by atoms with Crippen molar-refractivity contribution in [3.63, 3.8) is 0 Å². The van der Waals surface area contributed by atoms with E-state index in [2.05, 4.69) is 8.61 Å². The highest BCUT2D eigenvalue weighted by Crippen LogP contribution is 2.32. The third kappa shape index (κ3) is 2.79. The van der Waals surface area contributed by atoms with Crippen LogP contribution in [0.3, 0.4) is 0 Å². The molecule has 0 bridgehead atoms. The van der Waals surface area contributed by atoms with E-state index in [0.717, 1.165) is 12.8 Å². The summed E-state index contributed by atoms with van der Waals surface area (Å²) in [5.74, 6) is -2.13. The van der Waals surface area contributed by atoms with Crippen LogP contribution in [0.5, 0.6) is 0 Å². The molecule has 1 fully saturated rings. The SMILES string of the molecule is CCCCCOC1(S(=O)(=O)O[SiH3])CC(=O)OC1=O. The molecule has 0 aromatic carbocycles. The van der Waals surface area contributed by atoms with Crippen molar-refractivity contribution >= 4 is 32.5 Å². The van der Waals surface area contributed by atoms with E-state index in [-0.39, 0.29) is 17.1 Å². The van der Waals surface area contributed by atoms with Gasteiger partial charge in [0.1, 0.15) is 6.42 Å². The van der Waals surface area contributed by atoms with Crippen LogP contribution in [0, 0.1) is 0 Å². The zero-order valence-electron chi connectivity index (χ0n) is 10.3. The normalized spacial score (nSPS) is 24.5. The van der Waals surface area contributed by atoms with Gasteiger partial charge in [-0.3, -0.25) is 4.79 Å². The fourth-order valence-electron chi connectivity index (χ4n) is 1.58. The maximum Gasteiger partial charge on any atom is 0.365 e. The van der Waals surface area contributed by atoms with Crippen LogP contribution in [-0.2, 0) is 33.1 Å². The molecule has 0 amide bonds. The summed E-state index contributed by atoms with van der Waals surface area (Å²) in [6.07, 6.45) is 1.70. The molecule has 1 aliphatic rings. The predicted octanol–water partition coefficient (Wildman–Crippen LogP) is -1.01. The second-order valence-corrected chi connectivity index (χ2v) is 6.77. The van der Waals surface area contributed by atoms with Crippen molar-refractivity contribution in [3.8, 4) is 0 Å². The van der Waals surface area contributed by atoms with E-state index in [4.69, 9.17) is 4.74 Å². The first-order valence-corrected chi connectivity index (χ1v) is 7.81. The molecule has 18 heavy (non-hydrogen) atoms. The predicted molar refractivity (Wildman–Crippen MR) is 63.9 cm³/mol. The van der Waals surface area contributed by atoms with E-state index in [1.807, 2.05) is 6.92 Å². The van der Waals surface area contributed by atoms with Crippen LogP contribution in [0.1, 0.15) is 32.6 Å². The Morgan fingerprint density at radius 2 is 2.06 bits per heavy atom. The number of hydrogen-bond acceptors (Lipinski definition) is 7. The van der Waals surface area contributed by atoms with E-state index < -0.39 is 33.4 Å². The number of ether oxygens (including phenoxy) is 2. The monoisotopic (exact) mass is 296 g/mol. The Bertz CT molecular complexity index is 432. The summed E-state index contributed by atoms with van der Waals surface area (Å²) in [4.78, 5) is 20.3. The zero-order chi connectivity index (χ0) is 13.8. The van der Waals surface area contributed by atoms with Crippen molar-refractivity contribution in [1.29, 1.82) is 0 Å². The van der Waals surface area contributed by atoms with Gasteiger partial charge in [0.05, 0.1) is 0 Å². The maximum absolute atomic E-state index is 11.8. The second kappa shape index (κ2) is 5.91. The Labute approximate surface area is 108 Å². The number of unbranched alkanes of at least 4 members (excludes halogenated alkanes) is 2. The maximum atomic E-state index is 11.8. The average molecular weight is 296 g/mol. The standard InChI is InChI=1S/C9H16O7SSi/c1-2-3-4-5-14-9(17(12,13)16-18)6-7(10)15-8(9)11/h2-6H2,1,18H3. The van der Waals surface area contributed by atoms with Gasteiger partial charge in [0.15, 0.2) is 10.5 Å². The van der Waals surface area contributed by atoms with Crippen molar-refractivity contribution < 1.29 is 31.4 Å². The first-order valence-electron chi connectivity index (χ1n) is 5.59. The highest BCUT2D eigenvalue weighted by atomic mass is 32.2. The van der Waals surface area contributed by atoms with Gasteiger partial charge in [-0.1, -0.05) is 19.8 Å². The lowest BCUT2D eigenvalue weighted by molar-refractivity contribution is -0.157. The van der Waals surface area contributed by atoms with Gasteiger partial charge < -0.3 is 13.3 Å². The summed E-state index contributed by atoms with van der Waals surface area (Å²) in [6, 6.07) is 0. The Morgan fingerprint density at radius 3 is 2.50 bits per heavy atom. The Morgan fingerprint density at radius 1 is 1.39 bits per heavy atom. The lowest BCUT2D eigenvalue weighted by Crippen LogP contribution is -2.46. The van der Waals surface area contributed by atoms with Crippen molar-refractivity contribution in [2.75, 3.05) is 6.61 Å². The Hall–Kier alpha value is -0.773. The number of hydrogen-bond donors (Lipinski definition) is 0. The number of carbonyl (C=O) groups excluding carboxylic acids is 2. The molecule has 9 heteroatoms. The van der Waals surface area contributed by atoms with Crippen molar-refractivity contribution in [2.45, 2.75) is 37.5 Å². The van der Waals surface area contributed by atoms with Crippen LogP contribution in [0.25, 0.3) is 0 Å². The Kier molecular flexibility index (Phi) is 5.02. The smallest absolute Gasteiger partial charge is 0.365 e. The third-order valence-electron chi connectivity index (χ3n) is 2.60. The molecule has 0 aromatic rings. The van der Waals surface area contributed by atoms with Crippen molar-refractivity contribution in [1.82, 2.24) is 0 Å². The summed E-state index contributed by atoms with van der Waals surface area (Å²) in [7, 11) is -4.41. The molecule has 1 saturated heterocycles. The third-order valence-corrected chi connectivity index (χ3v) is 5.59. The fraction of sp³-hybridized carbons (Fsp3) is 0.778. The van der Waals surface area contributed by atoms with Crippen LogP contribution in [0.15, 0.2) is 0 Å². The molecular formula is C9H16O7SSi. The van der Waals surface area contributed by atoms with Gasteiger partial charge in [0.25, 0.3) is 10.1 Å². The van der Waals surface area contributed by atoms with Crippen LogP contribution in [-0.4, -0.2) is 42.4 Å². The van der Waals surface area contributed by atoms with Gasteiger partial charge in [0, 0.05) is 6.61 Å². The fourth-order valence-corrected chi connectivity index (χ4v) is 3.42. The summed E-state index contributed by atoms with van der Waals surface area (Å²) in [6.45, 7) is 2.03. The average Bonchev–Trinajstić information content (AvgIpc) is 2.61. The van der Waals surface area contributed by atoms with Gasteiger partial charge in [-0.2, -0.15) is 8.42 Å². The van der Waals surface area contributed by atoms with Crippen LogP contribution in [0.4, 0.5) is 0 Å². The van der Waals surface area contributed by atoms with E-state index in [0.29, 0.717) is 6.42 Å². The summed E-state index contributed by atoms with van der Waals surface area (Å²) in [5, 5.41) is 0. The first kappa shape index (κ1) is 15.3. The molecule has 7 nitrogen and oxygen atoms in total. The van der Waals surface area contributed by atoms with E-state index in [1.165, 1.54) is 0 Å². The molecule has 0 aromatic heterocycles. The summed E-state index contributed by atoms with van der Waals surface area (Å²) in [5.41, 5.74) is 0. The Balaban J connectivity index is 2.90. The minimum absolute atomic E-state index is 0.0559. The minimum Gasteiger partial charge on any atom is -0.390 e. The molecule has 1 rings (SSSR count). The molecule has 1 aliphatic heterocycles. The number of rotatable bonds is 7. The van der Waals surface area contributed by atoms with Gasteiger partial charge >= 0.3 is 16.9 Å². The van der Waals surface area contributed by atoms with Crippen LogP contribution < -0.4 is 0 Å². The van der Waals surface area contributed by atoms with E-state index in [1.54, 1.807) is 0 Å². The topological polar surface area (TPSA) is 96.0 Å². The summed E-state index contributed by atoms with van der Waals surface area (Å²) >= 11 is 0. The second-order valence-electron chi connectivity index (χ2n) is 3.87. The molecule has 0 spiro atoms. The largest absolute Gasteiger partial charge is 0.390 e. The van der Waals surface area contributed by atoms with Crippen LogP contribution in [0.2, 0.25) is 0 Å². The molecule has 1 heterocycles. The molecule has 0 radical (unpaired) electrons. The molecule has 1 unspecified atom stereocenters. The van der Waals surface area contributed by atoms with E-state index >= 15 is 0 Å². The lowest BCUT2D eigenvalue weighted by atomic mass is 10.2. The number of cyclic esters (lactones) is 2. The highest BCUT2D eigenvalue weighted by molar-refractivity contribution is 7.89. The summed E-state index contributed by atoms with van der Waals surface area (Å²) < 4.78 is 37.4. The first-order chi connectivity index (χ1) is 8.39. The molecule has 1 atom stereocenters. The van der Waals surface area contributed by atoms with E-state index in [9.17, 15) is 18.0 Å². The van der Waals surface area contributed by atoms with Gasteiger partial charge in [-0.15, -0.1) is 0 Å². The molecule has 0 aliphatic carbocycles. The zero-order valence-corrected chi connectivity index (χ0v) is 13.1. The number of carbonyl (C=O) groups is 2. The van der Waals surface area contributed by atoms with Gasteiger partial charge in [-0.05, 0) is 6.42 Å². The highest BCUT2D eigenvalue weighted by Gasteiger charge is 2.61. The van der Waals surface area contributed by atoms with Crippen LogP contribution >= 0.6 is 0 Å². The minimum atomic E-state index is -4.28. The lowest BCUT2D eigenvalue weighted by Gasteiger charge is -2.22. The van der Waals surface area contributed by atoms with Crippen molar-refractivity contribution in [3.05, 3.63) is 0 Å². The quantitative estimate of drug-likeness (QED) is 0.257. The molecule has 0 saturated carbocycles. The van der Waals surface area contributed by atoms with Gasteiger partial charge in [-0.25, -0.2) is 4.79 Å².